The van der Waals surface area contributed by atoms with Crippen LogP contribution in [0.25, 0.3) is 0 Å². The van der Waals surface area contributed by atoms with Crippen LogP contribution in [0.15, 0.2) is 12.3 Å². The van der Waals surface area contributed by atoms with E-state index in [9.17, 15) is 0 Å². The Bertz CT molecular complexity index is 387. The van der Waals surface area contributed by atoms with Gasteiger partial charge in [-0.15, -0.1) is 0 Å². The number of pyridine rings is 1. The summed E-state index contributed by atoms with van der Waals surface area (Å²) in [5, 5.41) is 17.8. The number of rotatable bonds is 3. The van der Waals surface area contributed by atoms with E-state index in [0.717, 1.165) is 0 Å². The maximum Gasteiger partial charge on any atom is 0.707 e. The zero-order valence-corrected chi connectivity index (χ0v) is 9.80. The SMILES string of the molecule is OB(O)Oc1ccnc(N2CCOCC2)c1Cl. The topological polar surface area (TPSA) is 75.0 Å². The second kappa shape index (κ2) is 5.55. The molecule has 92 valence electrons. The highest BCUT2D eigenvalue weighted by molar-refractivity contribution is 6.37. The standard InChI is InChI=1S/C9H12BClN2O4/c11-8-7(17-10(14)15)1-2-12-9(8)13-3-5-16-6-4-13/h1-2,14-15H,3-6H2. The molecule has 17 heavy (non-hydrogen) atoms. The van der Waals surface area contributed by atoms with Crippen LogP contribution in [0, 0.1) is 0 Å². The van der Waals surface area contributed by atoms with Crippen molar-refractivity contribution in [2.45, 2.75) is 0 Å². The maximum absolute atomic E-state index is 8.75. The Morgan fingerprint density at radius 1 is 1.41 bits per heavy atom. The normalized spacial score (nSPS) is 15.8. The summed E-state index contributed by atoms with van der Waals surface area (Å²) in [7, 11) is -1.90. The Morgan fingerprint density at radius 2 is 2.12 bits per heavy atom. The monoisotopic (exact) mass is 258 g/mol. The fraction of sp³-hybridized carbons (Fsp3) is 0.444. The van der Waals surface area contributed by atoms with Gasteiger partial charge in [0.05, 0.1) is 13.2 Å². The summed E-state index contributed by atoms with van der Waals surface area (Å²) in [5.41, 5.74) is 0. The Hall–Kier alpha value is -1.02. The minimum atomic E-state index is -1.90. The number of ether oxygens (including phenoxy) is 1. The van der Waals surface area contributed by atoms with E-state index in [0.29, 0.717) is 32.1 Å². The number of morpholine rings is 1. The van der Waals surface area contributed by atoms with Gasteiger partial charge in [0.2, 0.25) is 0 Å². The number of nitrogens with zero attached hydrogens (tertiary/aromatic N) is 2. The Labute approximate surface area is 104 Å². The average Bonchev–Trinajstić information content (AvgIpc) is 2.32. The highest BCUT2D eigenvalue weighted by atomic mass is 35.5. The molecule has 0 spiro atoms. The average molecular weight is 258 g/mol. The lowest BCUT2D eigenvalue weighted by molar-refractivity contribution is 0.122. The third-order valence-electron chi connectivity index (χ3n) is 2.38. The summed E-state index contributed by atoms with van der Waals surface area (Å²) in [5.74, 6) is 0.756. The molecule has 1 aliphatic heterocycles. The number of hydrogen-bond donors (Lipinski definition) is 2. The first-order valence-electron chi connectivity index (χ1n) is 5.18. The van der Waals surface area contributed by atoms with Crippen molar-refractivity contribution >= 4 is 24.7 Å². The predicted octanol–water partition coefficient (Wildman–Crippen LogP) is -0.0801. The quantitative estimate of drug-likeness (QED) is 0.739. The third-order valence-corrected chi connectivity index (χ3v) is 2.73. The third kappa shape index (κ3) is 3.01. The van der Waals surface area contributed by atoms with Gasteiger partial charge in [0.25, 0.3) is 0 Å². The zero-order chi connectivity index (χ0) is 12.3. The van der Waals surface area contributed by atoms with Gasteiger partial charge in [-0.25, -0.2) is 4.98 Å². The van der Waals surface area contributed by atoms with Gasteiger partial charge in [0.15, 0.2) is 5.82 Å². The molecule has 1 fully saturated rings. The minimum absolute atomic E-state index is 0.193. The van der Waals surface area contributed by atoms with E-state index in [1.54, 1.807) is 0 Å². The van der Waals surface area contributed by atoms with Gasteiger partial charge in [-0.05, 0) is 6.07 Å². The van der Waals surface area contributed by atoms with Crippen LogP contribution in [0.3, 0.4) is 0 Å². The summed E-state index contributed by atoms with van der Waals surface area (Å²) < 4.78 is 9.99. The molecule has 0 bridgehead atoms. The van der Waals surface area contributed by atoms with Crippen molar-refractivity contribution in [3.05, 3.63) is 17.3 Å². The summed E-state index contributed by atoms with van der Waals surface area (Å²) in [6.07, 6.45) is 1.51. The molecule has 1 saturated heterocycles. The molecule has 8 heteroatoms. The van der Waals surface area contributed by atoms with Gasteiger partial charge in [0.1, 0.15) is 10.8 Å². The van der Waals surface area contributed by atoms with Crippen LogP contribution in [-0.2, 0) is 4.74 Å². The molecule has 0 atom stereocenters. The Kier molecular flexibility index (Phi) is 4.06. The van der Waals surface area contributed by atoms with Crippen molar-refractivity contribution in [3.63, 3.8) is 0 Å². The van der Waals surface area contributed by atoms with Crippen molar-refractivity contribution in [1.29, 1.82) is 0 Å². The van der Waals surface area contributed by atoms with Gasteiger partial charge >= 0.3 is 7.32 Å². The molecule has 0 radical (unpaired) electrons. The van der Waals surface area contributed by atoms with E-state index in [2.05, 4.69) is 4.98 Å². The lowest BCUT2D eigenvalue weighted by Gasteiger charge is -2.28. The molecule has 2 heterocycles. The van der Waals surface area contributed by atoms with E-state index in [1.807, 2.05) is 4.90 Å². The molecule has 1 aromatic rings. The predicted molar refractivity (Wildman–Crippen MR) is 63.1 cm³/mol. The Morgan fingerprint density at radius 3 is 2.76 bits per heavy atom. The van der Waals surface area contributed by atoms with E-state index >= 15 is 0 Å². The number of aromatic nitrogens is 1. The highest BCUT2D eigenvalue weighted by Gasteiger charge is 2.20. The van der Waals surface area contributed by atoms with Gasteiger partial charge in [-0.2, -0.15) is 0 Å². The fourth-order valence-electron chi connectivity index (χ4n) is 1.62. The van der Waals surface area contributed by atoms with Gasteiger partial charge in [0, 0.05) is 19.3 Å². The van der Waals surface area contributed by atoms with Crippen LogP contribution < -0.4 is 9.55 Å². The van der Waals surface area contributed by atoms with E-state index < -0.39 is 7.32 Å². The first-order valence-corrected chi connectivity index (χ1v) is 5.56. The van der Waals surface area contributed by atoms with Crippen LogP contribution in [-0.4, -0.2) is 48.7 Å². The van der Waals surface area contributed by atoms with Crippen molar-refractivity contribution in [2.24, 2.45) is 0 Å². The van der Waals surface area contributed by atoms with Crippen LogP contribution in [0.2, 0.25) is 5.02 Å². The smallest absolute Gasteiger partial charge is 0.511 e. The van der Waals surface area contributed by atoms with E-state index in [1.165, 1.54) is 12.3 Å². The fourth-order valence-corrected chi connectivity index (χ4v) is 1.89. The second-order valence-electron chi connectivity index (χ2n) is 3.49. The van der Waals surface area contributed by atoms with Crippen LogP contribution in [0.1, 0.15) is 0 Å². The molecule has 0 unspecified atom stereocenters. The molecule has 0 amide bonds. The molecule has 0 aromatic carbocycles. The molecule has 0 aliphatic carbocycles. The number of hydrogen-bond acceptors (Lipinski definition) is 6. The van der Waals surface area contributed by atoms with Crippen LogP contribution >= 0.6 is 11.6 Å². The van der Waals surface area contributed by atoms with Crippen LogP contribution in [0.5, 0.6) is 5.75 Å². The van der Waals surface area contributed by atoms with Gasteiger partial charge in [-0.1, -0.05) is 11.6 Å². The largest absolute Gasteiger partial charge is 0.707 e. The molecule has 1 aliphatic rings. The molecular weight excluding hydrogens is 246 g/mol. The maximum atomic E-state index is 8.75. The summed E-state index contributed by atoms with van der Waals surface area (Å²) in [6, 6.07) is 1.48. The summed E-state index contributed by atoms with van der Waals surface area (Å²) in [6.45, 7) is 2.62. The molecular formula is C9H12BClN2O4. The van der Waals surface area contributed by atoms with Crippen molar-refractivity contribution in [2.75, 3.05) is 31.2 Å². The van der Waals surface area contributed by atoms with E-state index in [4.69, 9.17) is 31.0 Å². The molecule has 2 N–H and O–H groups in total. The summed E-state index contributed by atoms with van der Waals surface area (Å²) >= 11 is 6.09. The highest BCUT2D eigenvalue weighted by Crippen LogP contribution is 2.32. The second-order valence-corrected chi connectivity index (χ2v) is 3.87. The van der Waals surface area contributed by atoms with E-state index in [-0.39, 0.29) is 10.8 Å². The Balaban J connectivity index is 2.21. The number of halogens is 1. The minimum Gasteiger partial charge on any atom is -0.511 e. The summed E-state index contributed by atoms with van der Waals surface area (Å²) in [4.78, 5) is 6.13. The van der Waals surface area contributed by atoms with Crippen LogP contribution in [0.4, 0.5) is 5.82 Å². The molecule has 2 rings (SSSR count). The molecule has 0 saturated carbocycles. The lowest BCUT2D eigenvalue weighted by atomic mass is 10.2. The molecule has 1 aromatic heterocycles. The van der Waals surface area contributed by atoms with Crippen molar-refractivity contribution in [1.82, 2.24) is 4.98 Å². The first kappa shape index (κ1) is 12.4. The lowest BCUT2D eigenvalue weighted by Crippen LogP contribution is -2.37. The van der Waals surface area contributed by atoms with Crippen molar-refractivity contribution < 1.29 is 19.4 Å². The number of anilines is 1. The first-order chi connectivity index (χ1) is 8.18. The van der Waals surface area contributed by atoms with Gasteiger partial charge in [-0.3, -0.25) is 0 Å². The van der Waals surface area contributed by atoms with Crippen molar-refractivity contribution in [3.8, 4) is 5.75 Å². The zero-order valence-electron chi connectivity index (χ0n) is 9.04. The molecule has 6 nitrogen and oxygen atoms in total. The van der Waals surface area contributed by atoms with Gasteiger partial charge < -0.3 is 24.3 Å².